The quantitative estimate of drug-likeness (QED) is 0.656. The van der Waals surface area contributed by atoms with Crippen molar-refractivity contribution < 1.29 is 19.3 Å². The number of aliphatic hydroxyl groups is 2. The number of aromatic nitrogens is 1. The average molecular weight is 445 g/mol. The molecule has 1 aromatic heterocycles. The maximum atomic E-state index is 13.6. The van der Waals surface area contributed by atoms with E-state index in [1.54, 1.807) is 18.3 Å². The first-order valence-electron chi connectivity index (χ1n) is 10.5. The number of allylic oxidation sites excluding steroid dienone is 2. The molecule has 4 rings (SSSR count). The van der Waals surface area contributed by atoms with Crippen LogP contribution in [0.3, 0.4) is 0 Å². The summed E-state index contributed by atoms with van der Waals surface area (Å²) >= 11 is 6.16. The third kappa shape index (κ3) is 5.09. The monoisotopic (exact) mass is 444 g/mol. The zero-order valence-electron chi connectivity index (χ0n) is 17.2. The van der Waals surface area contributed by atoms with E-state index in [1.807, 2.05) is 24.3 Å². The van der Waals surface area contributed by atoms with Gasteiger partial charge in [-0.1, -0.05) is 29.8 Å². The Morgan fingerprint density at radius 2 is 2.19 bits per heavy atom. The molecule has 0 amide bonds. The van der Waals surface area contributed by atoms with E-state index in [2.05, 4.69) is 9.88 Å². The van der Waals surface area contributed by atoms with Crippen molar-refractivity contribution in [2.45, 2.75) is 37.9 Å². The summed E-state index contributed by atoms with van der Waals surface area (Å²) in [4.78, 5) is 6.41. The van der Waals surface area contributed by atoms with Gasteiger partial charge in [-0.3, -0.25) is 0 Å². The number of pyridine rings is 1. The van der Waals surface area contributed by atoms with Crippen molar-refractivity contribution in [2.24, 2.45) is 0 Å². The number of hydrogen-bond acceptors (Lipinski definition) is 5. The van der Waals surface area contributed by atoms with Gasteiger partial charge in [0.15, 0.2) is 0 Å². The fraction of sp³-hybridized carbons (Fsp3) is 0.375. The molecule has 1 aliphatic carbocycles. The molecular formula is C24H26ClFN2O3. The lowest BCUT2D eigenvalue weighted by atomic mass is 9.94. The second-order valence-corrected chi connectivity index (χ2v) is 8.27. The van der Waals surface area contributed by atoms with Gasteiger partial charge in [0.05, 0.1) is 6.54 Å². The number of ether oxygens (including phenoxy) is 1. The molecule has 7 heteroatoms. The summed E-state index contributed by atoms with van der Waals surface area (Å²) in [5.74, 6) is 0.228. The van der Waals surface area contributed by atoms with Crippen molar-refractivity contribution in [2.75, 3.05) is 24.6 Å². The van der Waals surface area contributed by atoms with Gasteiger partial charge >= 0.3 is 0 Å². The average Bonchev–Trinajstić information content (AvgIpc) is 3.23. The van der Waals surface area contributed by atoms with Crippen LogP contribution in [0, 0.1) is 0 Å². The number of anilines is 1. The molecule has 1 fully saturated rings. The third-order valence-electron chi connectivity index (χ3n) is 5.69. The summed E-state index contributed by atoms with van der Waals surface area (Å²) < 4.78 is 19.6. The lowest BCUT2D eigenvalue weighted by Crippen LogP contribution is -2.26. The molecule has 0 spiro atoms. The predicted octanol–water partition coefficient (Wildman–Crippen LogP) is 4.53. The highest BCUT2D eigenvalue weighted by atomic mass is 35.5. The molecule has 2 atom stereocenters. The first-order chi connectivity index (χ1) is 15.0. The van der Waals surface area contributed by atoms with Gasteiger partial charge in [-0.2, -0.15) is 0 Å². The normalized spacial score (nSPS) is 19.7. The minimum Gasteiger partial charge on any atom is -0.471 e. The maximum Gasteiger partial charge on any atom is 0.232 e. The molecule has 0 bridgehead atoms. The Bertz CT molecular complexity index is 995. The highest BCUT2D eigenvalue weighted by molar-refractivity contribution is 6.31. The van der Waals surface area contributed by atoms with Gasteiger partial charge in [0.1, 0.15) is 23.1 Å². The lowest BCUT2D eigenvalue weighted by molar-refractivity contribution is 0.216. The first-order valence-corrected chi connectivity index (χ1v) is 10.9. The summed E-state index contributed by atoms with van der Waals surface area (Å²) in [6, 6.07) is 9.25. The molecule has 2 aromatic rings. The number of nitrogens with zero attached hydrogens (tertiary/aromatic N) is 2. The van der Waals surface area contributed by atoms with Crippen molar-refractivity contribution in [3.8, 4) is 5.88 Å². The van der Waals surface area contributed by atoms with E-state index >= 15 is 0 Å². The zero-order valence-corrected chi connectivity index (χ0v) is 17.9. The number of benzene rings is 1. The topological polar surface area (TPSA) is 65.8 Å². The van der Waals surface area contributed by atoms with Gasteiger partial charge in [0.25, 0.3) is 0 Å². The number of aliphatic hydroxyl groups excluding tert-OH is 2. The molecule has 2 heterocycles. The molecule has 31 heavy (non-hydrogen) atoms. The fourth-order valence-corrected chi connectivity index (χ4v) is 4.30. The second-order valence-electron chi connectivity index (χ2n) is 7.86. The molecule has 1 aliphatic heterocycles. The molecule has 2 aliphatic rings. The highest BCUT2D eigenvalue weighted by Gasteiger charge is 2.27. The van der Waals surface area contributed by atoms with Gasteiger partial charge in [0.2, 0.25) is 5.88 Å². The standard InChI is InChI=1S/C24H26ClFN2O3/c25-21-5-2-10-27-24(21)31-20-8-11-28(15-20)22-7-6-18(13-16(22)9-12-29)23(30)17-3-1-4-19(26)14-17/h2-3,5-7,10,13-14,20,23,29-30H,1,4,8-9,11-12,15H2. The van der Waals surface area contributed by atoms with Gasteiger partial charge in [-0.25, -0.2) is 9.37 Å². The van der Waals surface area contributed by atoms with Gasteiger partial charge in [0, 0.05) is 37.9 Å². The van der Waals surface area contributed by atoms with Crippen LogP contribution in [-0.4, -0.2) is 41.0 Å². The van der Waals surface area contributed by atoms with Gasteiger partial charge in [-0.15, -0.1) is 0 Å². The maximum absolute atomic E-state index is 13.6. The van der Waals surface area contributed by atoms with Crippen LogP contribution in [0.1, 0.15) is 36.5 Å². The Morgan fingerprint density at radius 3 is 2.97 bits per heavy atom. The number of rotatable bonds is 7. The van der Waals surface area contributed by atoms with Gasteiger partial charge < -0.3 is 19.8 Å². The van der Waals surface area contributed by atoms with Gasteiger partial charge in [-0.05, 0) is 53.8 Å². The summed E-state index contributed by atoms with van der Waals surface area (Å²) in [5.41, 5.74) is 3.21. The van der Waals surface area contributed by atoms with Crippen LogP contribution in [0.25, 0.3) is 0 Å². The van der Waals surface area contributed by atoms with Crippen LogP contribution in [0.15, 0.2) is 60.1 Å². The first kappa shape index (κ1) is 21.8. The van der Waals surface area contributed by atoms with Crippen LogP contribution in [-0.2, 0) is 6.42 Å². The number of halogens is 2. The van der Waals surface area contributed by atoms with Crippen LogP contribution in [0.4, 0.5) is 10.1 Å². The fourth-order valence-electron chi connectivity index (χ4n) is 4.14. The molecule has 5 nitrogen and oxygen atoms in total. The third-order valence-corrected chi connectivity index (χ3v) is 5.98. The Balaban J connectivity index is 1.51. The summed E-state index contributed by atoms with van der Waals surface area (Å²) in [6.07, 6.45) is 6.27. The zero-order chi connectivity index (χ0) is 21.8. The minimum atomic E-state index is -0.890. The van der Waals surface area contributed by atoms with Crippen molar-refractivity contribution in [3.05, 3.63) is 76.2 Å². The Kier molecular flexibility index (Phi) is 6.90. The van der Waals surface area contributed by atoms with Crippen LogP contribution in [0.2, 0.25) is 5.02 Å². The van der Waals surface area contributed by atoms with Crippen molar-refractivity contribution in [1.29, 1.82) is 0 Å². The molecule has 2 N–H and O–H groups in total. The smallest absolute Gasteiger partial charge is 0.232 e. The molecule has 164 valence electrons. The Labute approximate surface area is 186 Å². The van der Waals surface area contributed by atoms with Crippen molar-refractivity contribution in [3.63, 3.8) is 0 Å². The minimum absolute atomic E-state index is 0.00108. The largest absolute Gasteiger partial charge is 0.471 e. The SMILES string of the molecule is OCCc1cc(C(O)C2=CCCC(F)=C2)ccc1N1CCC(Oc2ncccc2Cl)C1. The molecule has 1 saturated heterocycles. The molecule has 1 aromatic carbocycles. The van der Waals surface area contributed by atoms with E-state index in [0.29, 0.717) is 47.8 Å². The highest BCUT2D eigenvalue weighted by Crippen LogP contribution is 2.34. The summed E-state index contributed by atoms with van der Waals surface area (Å²) in [5, 5.41) is 20.8. The lowest BCUT2D eigenvalue weighted by Gasteiger charge is -2.24. The molecular weight excluding hydrogens is 419 g/mol. The van der Waals surface area contributed by atoms with Crippen molar-refractivity contribution >= 4 is 17.3 Å². The van der Waals surface area contributed by atoms with E-state index in [1.165, 1.54) is 6.08 Å². The van der Waals surface area contributed by atoms with Crippen LogP contribution < -0.4 is 9.64 Å². The summed E-state index contributed by atoms with van der Waals surface area (Å²) in [7, 11) is 0. The van der Waals surface area contributed by atoms with Crippen LogP contribution in [0.5, 0.6) is 5.88 Å². The van der Waals surface area contributed by atoms with Crippen LogP contribution >= 0.6 is 11.6 Å². The van der Waals surface area contributed by atoms with E-state index < -0.39 is 6.10 Å². The summed E-state index contributed by atoms with van der Waals surface area (Å²) in [6.45, 7) is 1.47. The number of hydrogen-bond donors (Lipinski definition) is 2. The van der Waals surface area contributed by atoms with E-state index in [4.69, 9.17) is 16.3 Å². The van der Waals surface area contributed by atoms with E-state index in [0.717, 1.165) is 24.2 Å². The molecule has 2 unspecified atom stereocenters. The predicted molar refractivity (Wildman–Crippen MR) is 119 cm³/mol. The van der Waals surface area contributed by atoms with E-state index in [9.17, 15) is 14.6 Å². The molecule has 0 radical (unpaired) electrons. The van der Waals surface area contributed by atoms with E-state index in [-0.39, 0.29) is 18.5 Å². The Morgan fingerprint density at radius 1 is 1.32 bits per heavy atom. The Hall–Kier alpha value is -2.41. The van der Waals surface area contributed by atoms with Crippen molar-refractivity contribution in [1.82, 2.24) is 4.98 Å². The second kappa shape index (κ2) is 9.81. The molecule has 0 saturated carbocycles.